The van der Waals surface area contributed by atoms with Gasteiger partial charge in [0, 0.05) is 31.7 Å². The predicted octanol–water partition coefficient (Wildman–Crippen LogP) is 3.23. The van der Waals surface area contributed by atoms with E-state index in [2.05, 4.69) is 5.32 Å². The SMILES string of the molecule is COc1ccc(N2CC(C(=O)Nc3c(C)cccc3C(=O)N3CCCC3)CC2=O)cc1. The van der Waals surface area contributed by atoms with Crippen LogP contribution < -0.4 is 15.0 Å². The van der Waals surface area contributed by atoms with E-state index in [1.807, 2.05) is 36.1 Å². The molecule has 2 aromatic carbocycles. The number of ether oxygens (including phenoxy) is 1. The maximum absolute atomic E-state index is 13.1. The van der Waals surface area contributed by atoms with Crippen LogP contribution in [0.4, 0.5) is 11.4 Å². The Hall–Kier alpha value is -3.35. The number of aryl methyl sites for hydroxylation is 1. The first kappa shape index (κ1) is 20.9. The van der Waals surface area contributed by atoms with Crippen molar-refractivity contribution < 1.29 is 19.1 Å². The molecule has 0 spiro atoms. The van der Waals surface area contributed by atoms with E-state index in [0.29, 0.717) is 23.5 Å². The van der Waals surface area contributed by atoms with E-state index >= 15 is 0 Å². The van der Waals surface area contributed by atoms with Gasteiger partial charge in [-0.15, -0.1) is 0 Å². The van der Waals surface area contributed by atoms with Crippen molar-refractivity contribution in [2.75, 3.05) is 37.0 Å². The average Bonchev–Trinajstić information content (AvgIpc) is 3.45. The maximum atomic E-state index is 13.1. The summed E-state index contributed by atoms with van der Waals surface area (Å²) in [6.07, 6.45) is 2.15. The number of anilines is 2. The van der Waals surface area contributed by atoms with Crippen molar-refractivity contribution in [2.24, 2.45) is 5.92 Å². The molecule has 162 valence electrons. The van der Waals surface area contributed by atoms with Crippen molar-refractivity contribution in [3.63, 3.8) is 0 Å². The molecule has 0 radical (unpaired) electrons. The first-order valence-corrected chi connectivity index (χ1v) is 10.6. The summed E-state index contributed by atoms with van der Waals surface area (Å²) in [5.74, 6) is -0.167. The van der Waals surface area contributed by atoms with Crippen LogP contribution in [0.5, 0.6) is 5.75 Å². The molecule has 2 aliphatic rings. The van der Waals surface area contributed by atoms with Crippen LogP contribution in [0.3, 0.4) is 0 Å². The van der Waals surface area contributed by atoms with Gasteiger partial charge in [-0.2, -0.15) is 0 Å². The van der Waals surface area contributed by atoms with Crippen LogP contribution in [0.15, 0.2) is 42.5 Å². The molecule has 4 rings (SSSR count). The number of carbonyl (C=O) groups excluding carboxylic acids is 3. The fourth-order valence-electron chi connectivity index (χ4n) is 4.22. The number of hydrogen-bond donors (Lipinski definition) is 1. The Bertz CT molecular complexity index is 996. The number of rotatable bonds is 5. The summed E-state index contributed by atoms with van der Waals surface area (Å²) in [4.78, 5) is 42.0. The molecule has 1 atom stereocenters. The number of carbonyl (C=O) groups is 3. The molecule has 0 aliphatic carbocycles. The van der Waals surface area contributed by atoms with Gasteiger partial charge >= 0.3 is 0 Å². The van der Waals surface area contributed by atoms with Crippen LogP contribution in [0.2, 0.25) is 0 Å². The Labute approximate surface area is 182 Å². The summed E-state index contributed by atoms with van der Waals surface area (Å²) < 4.78 is 5.16. The lowest BCUT2D eigenvalue weighted by Crippen LogP contribution is -2.31. The molecule has 7 nitrogen and oxygen atoms in total. The Morgan fingerprint density at radius 2 is 1.77 bits per heavy atom. The third-order valence-electron chi connectivity index (χ3n) is 6.02. The van der Waals surface area contributed by atoms with Crippen LogP contribution in [-0.2, 0) is 9.59 Å². The standard InChI is InChI=1S/C24H27N3O4/c1-16-6-5-7-20(24(30)26-12-3-4-13-26)22(16)25-23(29)17-14-21(28)27(15-17)18-8-10-19(31-2)11-9-18/h5-11,17H,3-4,12-15H2,1-2H3,(H,25,29). The summed E-state index contributed by atoms with van der Waals surface area (Å²) in [6.45, 7) is 3.67. The molecule has 0 aromatic heterocycles. The number of benzene rings is 2. The van der Waals surface area contributed by atoms with Crippen molar-refractivity contribution in [1.29, 1.82) is 0 Å². The van der Waals surface area contributed by atoms with Crippen molar-refractivity contribution in [1.82, 2.24) is 4.90 Å². The third kappa shape index (κ3) is 4.26. The zero-order valence-electron chi connectivity index (χ0n) is 17.9. The molecule has 2 saturated heterocycles. The van der Waals surface area contributed by atoms with E-state index in [1.165, 1.54) is 0 Å². The lowest BCUT2D eigenvalue weighted by Gasteiger charge is -2.20. The molecule has 3 amide bonds. The fraction of sp³-hybridized carbons (Fsp3) is 0.375. The quantitative estimate of drug-likeness (QED) is 0.804. The van der Waals surface area contributed by atoms with Crippen molar-refractivity contribution in [2.45, 2.75) is 26.2 Å². The zero-order chi connectivity index (χ0) is 22.0. The van der Waals surface area contributed by atoms with E-state index in [9.17, 15) is 14.4 Å². The number of nitrogens with one attached hydrogen (secondary N) is 1. The number of amides is 3. The topological polar surface area (TPSA) is 79.0 Å². The minimum Gasteiger partial charge on any atom is -0.497 e. The minimum absolute atomic E-state index is 0.0566. The number of nitrogens with zero attached hydrogens (tertiary/aromatic N) is 2. The average molecular weight is 421 g/mol. The lowest BCUT2D eigenvalue weighted by molar-refractivity contribution is -0.122. The largest absolute Gasteiger partial charge is 0.497 e. The third-order valence-corrected chi connectivity index (χ3v) is 6.02. The van der Waals surface area contributed by atoms with Crippen LogP contribution >= 0.6 is 0 Å². The molecule has 1 N–H and O–H groups in total. The van der Waals surface area contributed by atoms with Gasteiger partial charge in [0.25, 0.3) is 5.91 Å². The minimum atomic E-state index is -0.482. The summed E-state index contributed by atoms with van der Waals surface area (Å²) in [7, 11) is 1.59. The van der Waals surface area contributed by atoms with Crippen LogP contribution in [0.25, 0.3) is 0 Å². The van der Waals surface area contributed by atoms with Gasteiger partial charge in [-0.05, 0) is 55.7 Å². The molecular weight excluding hydrogens is 394 g/mol. The molecule has 2 aromatic rings. The number of hydrogen-bond acceptors (Lipinski definition) is 4. The van der Waals surface area contributed by atoms with E-state index < -0.39 is 5.92 Å². The Kier molecular flexibility index (Phi) is 5.93. The molecule has 2 fully saturated rings. The highest BCUT2D eigenvalue weighted by molar-refractivity contribution is 6.07. The van der Waals surface area contributed by atoms with Crippen LogP contribution in [0, 0.1) is 12.8 Å². The van der Waals surface area contributed by atoms with Gasteiger partial charge in [0.15, 0.2) is 0 Å². The van der Waals surface area contributed by atoms with Gasteiger partial charge in [-0.3, -0.25) is 14.4 Å². The molecule has 7 heteroatoms. The van der Waals surface area contributed by atoms with E-state index in [4.69, 9.17) is 4.74 Å². The molecule has 1 unspecified atom stereocenters. The van der Waals surface area contributed by atoms with Gasteiger partial charge < -0.3 is 19.9 Å². The second-order valence-electron chi connectivity index (χ2n) is 8.09. The van der Waals surface area contributed by atoms with Gasteiger partial charge in [-0.1, -0.05) is 12.1 Å². The summed E-state index contributed by atoms with van der Waals surface area (Å²) >= 11 is 0. The van der Waals surface area contributed by atoms with Gasteiger partial charge in [0.2, 0.25) is 11.8 Å². The fourth-order valence-corrected chi connectivity index (χ4v) is 4.22. The van der Waals surface area contributed by atoms with Gasteiger partial charge in [-0.25, -0.2) is 0 Å². The predicted molar refractivity (Wildman–Crippen MR) is 118 cm³/mol. The monoisotopic (exact) mass is 421 g/mol. The zero-order valence-corrected chi connectivity index (χ0v) is 17.9. The summed E-state index contributed by atoms with van der Waals surface area (Å²) in [6, 6.07) is 12.7. The van der Waals surface area contributed by atoms with Crippen molar-refractivity contribution >= 4 is 29.1 Å². The molecular formula is C24H27N3O4. The second-order valence-corrected chi connectivity index (χ2v) is 8.09. The lowest BCUT2D eigenvalue weighted by atomic mass is 10.0. The molecule has 31 heavy (non-hydrogen) atoms. The van der Waals surface area contributed by atoms with Crippen molar-refractivity contribution in [3.8, 4) is 5.75 Å². The molecule has 0 saturated carbocycles. The number of likely N-dealkylation sites (tertiary alicyclic amines) is 1. The van der Waals surface area contributed by atoms with E-state index in [1.54, 1.807) is 30.2 Å². The van der Waals surface area contributed by atoms with E-state index in [0.717, 1.165) is 37.2 Å². The van der Waals surface area contributed by atoms with Gasteiger partial charge in [0.05, 0.1) is 24.3 Å². The second kappa shape index (κ2) is 8.79. The first-order valence-electron chi connectivity index (χ1n) is 10.6. The smallest absolute Gasteiger partial charge is 0.255 e. The van der Waals surface area contributed by atoms with Crippen molar-refractivity contribution in [3.05, 3.63) is 53.6 Å². The number of para-hydroxylation sites is 1. The highest BCUT2D eigenvalue weighted by Crippen LogP contribution is 2.29. The Morgan fingerprint density at radius 1 is 1.06 bits per heavy atom. The van der Waals surface area contributed by atoms with Crippen LogP contribution in [-0.4, -0.2) is 49.4 Å². The molecule has 2 aliphatic heterocycles. The number of methoxy groups -OCH3 is 1. The van der Waals surface area contributed by atoms with Gasteiger partial charge in [0.1, 0.15) is 5.75 Å². The molecule has 2 heterocycles. The van der Waals surface area contributed by atoms with Crippen LogP contribution in [0.1, 0.15) is 35.2 Å². The Balaban J connectivity index is 1.49. The summed E-state index contributed by atoms with van der Waals surface area (Å²) in [5.41, 5.74) is 2.61. The Morgan fingerprint density at radius 3 is 2.45 bits per heavy atom. The first-order chi connectivity index (χ1) is 15.0. The maximum Gasteiger partial charge on any atom is 0.255 e. The highest BCUT2D eigenvalue weighted by Gasteiger charge is 2.36. The molecule has 0 bridgehead atoms. The normalized spacial score (nSPS) is 18.4. The summed E-state index contributed by atoms with van der Waals surface area (Å²) in [5, 5.41) is 2.95. The van der Waals surface area contributed by atoms with E-state index in [-0.39, 0.29) is 24.1 Å². The highest BCUT2D eigenvalue weighted by atomic mass is 16.5.